The van der Waals surface area contributed by atoms with Gasteiger partial charge in [0.25, 0.3) is 11.6 Å². The Labute approximate surface area is 83.8 Å². The van der Waals surface area contributed by atoms with Gasteiger partial charge in [0.15, 0.2) is 0 Å². The molecule has 2 heterocycles. The number of carbonyl (C=O) groups is 2. The lowest BCUT2D eigenvalue weighted by atomic mass is 10.0. The summed E-state index contributed by atoms with van der Waals surface area (Å²) < 4.78 is 4.97. The van der Waals surface area contributed by atoms with E-state index < -0.39 is 42.6 Å². The molecule has 3 amide bonds. The van der Waals surface area contributed by atoms with E-state index in [0.29, 0.717) is 0 Å². The van der Waals surface area contributed by atoms with Gasteiger partial charge in [0.05, 0.1) is 6.61 Å². The van der Waals surface area contributed by atoms with Crippen LogP contribution in [0.1, 0.15) is 0 Å². The average molecular weight is 218 g/mol. The van der Waals surface area contributed by atoms with Crippen molar-refractivity contribution in [1.29, 1.82) is 0 Å². The molecule has 5 N–H and O–H groups in total. The standard InChI is InChI=1S/C7H10N2O6/c10-1-2-3(11)4(12)7(15-2)5(13)8-6(14)9-7/h2-4,10-12H,1H2,(H2,8,9,13,14)/t2-,3-,4-,7+/m0/s1. The summed E-state index contributed by atoms with van der Waals surface area (Å²) in [6.45, 7) is -0.566. The third-order valence-electron chi connectivity index (χ3n) is 2.50. The van der Waals surface area contributed by atoms with E-state index in [1.165, 1.54) is 0 Å². The predicted octanol–water partition coefficient (Wildman–Crippen LogP) is -3.36. The number of aliphatic hydroxyl groups excluding tert-OH is 3. The molecule has 0 saturated carbocycles. The molecule has 0 aliphatic carbocycles. The maximum atomic E-state index is 11.4. The van der Waals surface area contributed by atoms with Crippen LogP contribution in [0, 0.1) is 0 Å². The van der Waals surface area contributed by atoms with E-state index in [0.717, 1.165) is 0 Å². The number of aliphatic hydroxyl groups is 3. The smallest absolute Gasteiger partial charge is 0.324 e. The van der Waals surface area contributed by atoms with Crippen LogP contribution in [0.15, 0.2) is 0 Å². The first kappa shape index (κ1) is 10.3. The van der Waals surface area contributed by atoms with Crippen LogP contribution in [0.4, 0.5) is 4.79 Å². The molecular formula is C7H10N2O6. The topological polar surface area (TPSA) is 128 Å². The van der Waals surface area contributed by atoms with Crippen LogP contribution in [-0.4, -0.2) is 57.9 Å². The summed E-state index contributed by atoms with van der Waals surface area (Å²) in [6.07, 6.45) is -4.15. The third-order valence-corrected chi connectivity index (χ3v) is 2.50. The molecule has 2 aliphatic rings. The molecule has 15 heavy (non-hydrogen) atoms. The largest absolute Gasteiger partial charge is 0.394 e. The minimum Gasteiger partial charge on any atom is -0.394 e. The summed E-state index contributed by atoms with van der Waals surface area (Å²) in [4.78, 5) is 22.2. The summed E-state index contributed by atoms with van der Waals surface area (Å²) in [5.41, 5.74) is -1.98. The molecule has 8 heteroatoms. The Morgan fingerprint density at radius 1 is 1.40 bits per heavy atom. The van der Waals surface area contributed by atoms with Crippen LogP contribution in [0.2, 0.25) is 0 Å². The molecule has 0 aromatic heterocycles. The number of amides is 3. The van der Waals surface area contributed by atoms with Gasteiger partial charge < -0.3 is 20.1 Å². The summed E-state index contributed by atoms with van der Waals surface area (Å²) in [5.74, 6) is -0.880. The molecule has 2 aliphatic heterocycles. The lowest BCUT2D eigenvalue weighted by Gasteiger charge is -2.22. The molecule has 2 fully saturated rings. The minimum atomic E-state index is -1.98. The van der Waals surface area contributed by atoms with Crippen molar-refractivity contribution in [3.8, 4) is 0 Å². The molecule has 2 rings (SSSR count). The molecule has 0 bridgehead atoms. The Hall–Kier alpha value is -1.22. The van der Waals surface area contributed by atoms with Gasteiger partial charge in [-0.25, -0.2) is 4.79 Å². The molecule has 0 aromatic carbocycles. The average Bonchev–Trinajstić information content (AvgIpc) is 2.60. The van der Waals surface area contributed by atoms with Crippen molar-refractivity contribution in [3.05, 3.63) is 0 Å². The first-order chi connectivity index (χ1) is 7.01. The zero-order valence-corrected chi connectivity index (χ0v) is 7.51. The van der Waals surface area contributed by atoms with Crippen molar-refractivity contribution in [2.45, 2.75) is 24.0 Å². The van der Waals surface area contributed by atoms with Crippen LogP contribution in [0.3, 0.4) is 0 Å². The molecule has 84 valence electrons. The Morgan fingerprint density at radius 2 is 2.07 bits per heavy atom. The van der Waals surface area contributed by atoms with Gasteiger partial charge in [-0.15, -0.1) is 0 Å². The number of urea groups is 1. The van der Waals surface area contributed by atoms with Crippen molar-refractivity contribution in [3.63, 3.8) is 0 Å². The monoisotopic (exact) mass is 218 g/mol. The molecule has 1 spiro atoms. The van der Waals surface area contributed by atoms with Gasteiger partial charge in [-0.05, 0) is 0 Å². The van der Waals surface area contributed by atoms with E-state index in [-0.39, 0.29) is 0 Å². The van der Waals surface area contributed by atoms with E-state index in [9.17, 15) is 19.8 Å². The number of ether oxygens (including phenoxy) is 1. The van der Waals surface area contributed by atoms with Crippen LogP contribution in [0.5, 0.6) is 0 Å². The highest BCUT2D eigenvalue weighted by Gasteiger charge is 2.63. The predicted molar refractivity (Wildman–Crippen MR) is 43.4 cm³/mol. The van der Waals surface area contributed by atoms with Crippen molar-refractivity contribution in [2.24, 2.45) is 0 Å². The quantitative estimate of drug-likeness (QED) is 0.292. The summed E-state index contributed by atoms with van der Waals surface area (Å²) in [6, 6.07) is -0.815. The molecular weight excluding hydrogens is 208 g/mol. The highest BCUT2D eigenvalue weighted by atomic mass is 16.6. The summed E-state index contributed by atoms with van der Waals surface area (Å²) in [5, 5.41) is 31.8. The number of hydrogen-bond acceptors (Lipinski definition) is 6. The van der Waals surface area contributed by atoms with Crippen molar-refractivity contribution in [2.75, 3.05) is 6.61 Å². The number of hydrogen-bond donors (Lipinski definition) is 5. The number of rotatable bonds is 1. The molecule has 0 unspecified atom stereocenters. The minimum absolute atomic E-state index is 0.566. The van der Waals surface area contributed by atoms with E-state index >= 15 is 0 Å². The van der Waals surface area contributed by atoms with Gasteiger partial charge >= 0.3 is 6.03 Å². The zero-order chi connectivity index (χ0) is 11.2. The lowest BCUT2D eigenvalue weighted by molar-refractivity contribution is -0.153. The van der Waals surface area contributed by atoms with Crippen molar-refractivity contribution < 1.29 is 29.6 Å². The van der Waals surface area contributed by atoms with Gasteiger partial charge in [0.1, 0.15) is 18.3 Å². The summed E-state index contributed by atoms with van der Waals surface area (Å²) in [7, 11) is 0. The second-order valence-corrected chi connectivity index (χ2v) is 3.42. The Kier molecular flexibility index (Phi) is 2.15. The fraction of sp³-hybridized carbons (Fsp3) is 0.714. The van der Waals surface area contributed by atoms with Crippen molar-refractivity contribution >= 4 is 11.9 Å². The first-order valence-corrected chi connectivity index (χ1v) is 4.29. The van der Waals surface area contributed by atoms with Gasteiger partial charge in [-0.2, -0.15) is 0 Å². The number of imide groups is 1. The second kappa shape index (κ2) is 3.14. The van der Waals surface area contributed by atoms with E-state index in [1.807, 2.05) is 5.32 Å². The Bertz CT molecular complexity index is 321. The second-order valence-electron chi connectivity index (χ2n) is 3.42. The van der Waals surface area contributed by atoms with E-state index in [1.54, 1.807) is 0 Å². The van der Waals surface area contributed by atoms with Crippen molar-refractivity contribution in [1.82, 2.24) is 10.6 Å². The zero-order valence-electron chi connectivity index (χ0n) is 7.51. The number of carbonyl (C=O) groups excluding carboxylic acids is 2. The van der Waals surface area contributed by atoms with Gasteiger partial charge in [-0.1, -0.05) is 0 Å². The summed E-state index contributed by atoms with van der Waals surface area (Å²) >= 11 is 0. The van der Waals surface area contributed by atoms with Gasteiger partial charge in [0.2, 0.25) is 0 Å². The molecule has 8 nitrogen and oxygen atoms in total. The van der Waals surface area contributed by atoms with E-state index in [4.69, 9.17) is 9.84 Å². The Balaban J connectivity index is 2.30. The molecule has 0 radical (unpaired) electrons. The maximum absolute atomic E-state index is 11.4. The van der Waals surface area contributed by atoms with Crippen LogP contribution in [0.25, 0.3) is 0 Å². The normalized spacial score (nSPS) is 44.6. The fourth-order valence-electron chi connectivity index (χ4n) is 1.71. The molecule has 0 aromatic rings. The van der Waals surface area contributed by atoms with Crippen LogP contribution >= 0.6 is 0 Å². The third kappa shape index (κ3) is 1.23. The van der Waals surface area contributed by atoms with Crippen LogP contribution in [-0.2, 0) is 9.53 Å². The highest BCUT2D eigenvalue weighted by Crippen LogP contribution is 2.31. The van der Waals surface area contributed by atoms with Gasteiger partial charge in [-0.3, -0.25) is 15.4 Å². The molecule has 2 saturated heterocycles. The lowest BCUT2D eigenvalue weighted by Crippen LogP contribution is -2.56. The molecule has 4 atom stereocenters. The fourth-order valence-corrected chi connectivity index (χ4v) is 1.71. The Morgan fingerprint density at radius 3 is 2.47 bits per heavy atom. The SMILES string of the molecule is O=C1NC(=O)[C@]2(N1)O[C@@H](CO)[C@H](O)[C@@H]2O. The highest BCUT2D eigenvalue weighted by molar-refractivity contribution is 6.06. The maximum Gasteiger partial charge on any atom is 0.324 e. The van der Waals surface area contributed by atoms with Gasteiger partial charge in [0, 0.05) is 0 Å². The first-order valence-electron chi connectivity index (χ1n) is 4.29. The number of nitrogens with one attached hydrogen (secondary N) is 2. The van der Waals surface area contributed by atoms with E-state index in [2.05, 4.69) is 5.32 Å². The van der Waals surface area contributed by atoms with Crippen LogP contribution < -0.4 is 10.6 Å².